The number of hydrogen-bond donors (Lipinski definition) is 1. The largest absolute Gasteiger partial charge is 0.330 e. The van der Waals surface area contributed by atoms with E-state index in [1.165, 1.54) is 23.3 Å². The molecule has 3 heteroatoms. The zero-order valence-electron chi connectivity index (χ0n) is 11.6. The van der Waals surface area contributed by atoms with Gasteiger partial charge < -0.3 is 5.73 Å². The van der Waals surface area contributed by atoms with Crippen LogP contribution in [0.25, 0.3) is 0 Å². The summed E-state index contributed by atoms with van der Waals surface area (Å²) in [7, 11) is 0. The van der Waals surface area contributed by atoms with Crippen molar-refractivity contribution in [3.8, 4) is 0 Å². The maximum Gasteiger partial charge on any atom is 0.124 e. The molecule has 0 aliphatic carbocycles. The van der Waals surface area contributed by atoms with Crippen LogP contribution in [0.5, 0.6) is 0 Å². The normalized spacial score (nSPS) is 12.4. The highest BCUT2D eigenvalue weighted by Gasteiger charge is 2.11. The Balaban J connectivity index is 2.09. The van der Waals surface area contributed by atoms with Crippen LogP contribution in [0.2, 0.25) is 0 Å². The van der Waals surface area contributed by atoms with Crippen LogP contribution in [0.3, 0.4) is 0 Å². The lowest BCUT2D eigenvalue weighted by Crippen LogP contribution is -2.19. The van der Waals surface area contributed by atoms with Crippen molar-refractivity contribution < 1.29 is 4.39 Å². The highest BCUT2D eigenvalue weighted by atomic mass is 79.9. The number of benzene rings is 2. The first-order chi connectivity index (χ1) is 9.58. The van der Waals surface area contributed by atoms with Crippen molar-refractivity contribution in [3.63, 3.8) is 0 Å². The second-order valence-electron chi connectivity index (χ2n) is 5.23. The predicted molar refractivity (Wildman–Crippen MR) is 85.2 cm³/mol. The van der Waals surface area contributed by atoms with Crippen molar-refractivity contribution in [2.45, 2.75) is 19.8 Å². The van der Waals surface area contributed by atoms with Crippen molar-refractivity contribution >= 4 is 15.9 Å². The lowest BCUT2D eigenvalue weighted by atomic mass is 9.92. The maximum atomic E-state index is 13.1. The average molecular weight is 336 g/mol. The summed E-state index contributed by atoms with van der Waals surface area (Å²) in [5.41, 5.74) is 9.57. The molecule has 0 amide bonds. The fourth-order valence-electron chi connectivity index (χ4n) is 2.41. The molecule has 106 valence electrons. The summed E-state index contributed by atoms with van der Waals surface area (Å²) in [5, 5.41) is 0. The SMILES string of the molecule is Cc1cccc(CC(CN)Cc2ccc(F)cc2Br)c1. The number of rotatable bonds is 5. The van der Waals surface area contributed by atoms with E-state index < -0.39 is 0 Å². The Kier molecular flexibility index (Phi) is 5.32. The third-order valence-electron chi connectivity index (χ3n) is 3.46. The number of hydrogen-bond acceptors (Lipinski definition) is 1. The lowest BCUT2D eigenvalue weighted by Gasteiger charge is -2.16. The monoisotopic (exact) mass is 335 g/mol. The molecular formula is C17H19BrFN. The van der Waals surface area contributed by atoms with Gasteiger partial charge in [-0.1, -0.05) is 51.8 Å². The number of halogens is 2. The summed E-state index contributed by atoms with van der Waals surface area (Å²) in [5.74, 6) is 0.141. The van der Waals surface area contributed by atoms with E-state index in [0.717, 1.165) is 22.9 Å². The first-order valence-corrected chi connectivity index (χ1v) is 7.57. The third kappa shape index (κ3) is 4.15. The summed E-state index contributed by atoms with van der Waals surface area (Å²) in [6, 6.07) is 13.3. The molecular weight excluding hydrogens is 317 g/mol. The fraction of sp³-hybridized carbons (Fsp3) is 0.294. The summed E-state index contributed by atoms with van der Waals surface area (Å²) < 4.78 is 13.9. The molecule has 0 aliphatic heterocycles. The van der Waals surface area contributed by atoms with E-state index in [1.54, 1.807) is 0 Å². The van der Waals surface area contributed by atoms with Crippen molar-refractivity contribution in [2.24, 2.45) is 11.7 Å². The van der Waals surface area contributed by atoms with Crippen molar-refractivity contribution in [2.75, 3.05) is 6.54 Å². The van der Waals surface area contributed by atoms with Gasteiger partial charge in [0.1, 0.15) is 5.82 Å². The number of aryl methyl sites for hydroxylation is 1. The Bertz CT molecular complexity index is 583. The predicted octanol–water partition coefficient (Wildman–Crippen LogP) is 4.26. The van der Waals surface area contributed by atoms with Gasteiger partial charge in [-0.15, -0.1) is 0 Å². The van der Waals surface area contributed by atoms with Gasteiger partial charge in [-0.3, -0.25) is 0 Å². The molecule has 2 rings (SSSR count). The van der Waals surface area contributed by atoms with Gasteiger partial charge in [0.05, 0.1) is 0 Å². The van der Waals surface area contributed by atoms with Gasteiger partial charge in [0, 0.05) is 4.47 Å². The molecule has 1 unspecified atom stereocenters. The summed E-state index contributed by atoms with van der Waals surface area (Å²) in [6.45, 7) is 2.72. The van der Waals surface area contributed by atoms with Crippen LogP contribution in [0.15, 0.2) is 46.9 Å². The van der Waals surface area contributed by atoms with E-state index in [9.17, 15) is 4.39 Å². The topological polar surface area (TPSA) is 26.0 Å². The van der Waals surface area contributed by atoms with E-state index in [-0.39, 0.29) is 5.82 Å². The fourth-order valence-corrected chi connectivity index (χ4v) is 2.92. The molecule has 1 nitrogen and oxygen atoms in total. The minimum Gasteiger partial charge on any atom is -0.330 e. The minimum atomic E-state index is -0.219. The molecule has 1 atom stereocenters. The molecule has 20 heavy (non-hydrogen) atoms. The molecule has 0 saturated carbocycles. The zero-order chi connectivity index (χ0) is 14.5. The highest BCUT2D eigenvalue weighted by molar-refractivity contribution is 9.10. The quantitative estimate of drug-likeness (QED) is 0.868. The highest BCUT2D eigenvalue weighted by Crippen LogP contribution is 2.22. The van der Waals surface area contributed by atoms with E-state index in [0.29, 0.717) is 12.5 Å². The van der Waals surface area contributed by atoms with E-state index in [4.69, 9.17) is 5.73 Å². The first kappa shape index (κ1) is 15.2. The molecule has 0 spiro atoms. The Labute approximate surface area is 128 Å². The second kappa shape index (κ2) is 7.00. The summed E-state index contributed by atoms with van der Waals surface area (Å²) >= 11 is 3.42. The molecule has 0 bridgehead atoms. The Morgan fingerprint density at radius 3 is 2.60 bits per heavy atom. The van der Waals surface area contributed by atoms with Crippen molar-refractivity contribution in [1.82, 2.24) is 0 Å². The van der Waals surface area contributed by atoms with Gasteiger partial charge in [0.25, 0.3) is 0 Å². The molecule has 0 aromatic heterocycles. The molecule has 0 saturated heterocycles. The van der Waals surface area contributed by atoms with Gasteiger partial charge in [-0.25, -0.2) is 4.39 Å². The van der Waals surface area contributed by atoms with Gasteiger partial charge in [0.15, 0.2) is 0 Å². The van der Waals surface area contributed by atoms with Crippen LogP contribution in [0.1, 0.15) is 16.7 Å². The molecule has 0 heterocycles. The van der Waals surface area contributed by atoms with Crippen LogP contribution in [-0.4, -0.2) is 6.54 Å². The van der Waals surface area contributed by atoms with Gasteiger partial charge in [0.2, 0.25) is 0 Å². The van der Waals surface area contributed by atoms with Crippen LogP contribution >= 0.6 is 15.9 Å². The first-order valence-electron chi connectivity index (χ1n) is 6.78. The van der Waals surface area contributed by atoms with E-state index in [2.05, 4.69) is 47.1 Å². The minimum absolute atomic E-state index is 0.219. The van der Waals surface area contributed by atoms with E-state index >= 15 is 0 Å². The van der Waals surface area contributed by atoms with Gasteiger partial charge >= 0.3 is 0 Å². The molecule has 0 aliphatic rings. The van der Waals surface area contributed by atoms with Crippen LogP contribution in [0, 0.1) is 18.7 Å². The average Bonchev–Trinajstić information content (AvgIpc) is 2.41. The third-order valence-corrected chi connectivity index (χ3v) is 4.20. The Morgan fingerprint density at radius 1 is 1.15 bits per heavy atom. The lowest BCUT2D eigenvalue weighted by molar-refractivity contribution is 0.531. The maximum absolute atomic E-state index is 13.1. The van der Waals surface area contributed by atoms with Crippen molar-refractivity contribution in [3.05, 3.63) is 69.4 Å². The Hall–Kier alpha value is -1.19. The standard InChI is InChI=1S/C17H19BrFN/c1-12-3-2-4-13(7-12)8-14(11-20)9-15-5-6-16(19)10-17(15)18/h2-7,10,14H,8-9,11,20H2,1H3. The van der Waals surface area contributed by atoms with E-state index in [1.807, 2.05) is 6.07 Å². The molecule has 2 N–H and O–H groups in total. The smallest absolute Gasteiger partial charge is 0.124 e. The van der Waals surface area contributed by atoms with Crippen LogP contribution in [0.4, 0.5) is 4.39 Å². The Morgan fingerprint density at radius 2 is 1.95 bits per heavy atom. The zero-order valence-corrected chi connectivity index (χ0v) is 13.2. The van der Waals surface area contributed by atoms with Crippen LogP contribution in [-0.2, 0) is 12.8 Å². The molecule has 0 fully saturated rings. The summed E-state index contributed by atoms with van der Waals surface area (Å²) in [6.07, 6.45) is 1.80. The molecule has 2 aromatic carbocycles. The second-order valence-corrected chi connectivity index (χ2v) is 6.09. The summed E-state index contributed by atoms with van der Waals surface area (Å²) in [4.78, 5) is 0. The molecule has 0 radical (unpaired) electrons. The molecule has 2 aromatic rings. The van der Waals surface area contributed by atoms with Gasteiger partial charge in [-0.05, 0) is 55.5 Å². The van der Waals surface area contributed by atoms with Crippen molar-refractivity contribution in [1.29, 1.82) is 0 Å². The number of nitrogens with two attached hydrogens (primary N) is 1. The van der Waals surface area contributed by atoms with Gasteiger partial charge in [-0.2, -0.15) is 0 Å². The van der Waals surface area contributed by atoms with Crippen LogP contribution < -0.4 is 5.73 Å².